The molecule has 0 aliphatic rings. The molecule has 1 aromatic heterocycles. The van der Waals surface area contributed by atoms with Gasteiger partial charge in [0, 0.05) is 18.7 Å². The van der Waals surface area contributed by atoms with Crippen LogP contribution in [0.5, 0.6) is 11.5 Å². The minimum Gasteiger partial charge on any atom is -0.457 e. The number of anilines is 1. The lowest BCUT2D eigenvalue weighted by Gasteiger charge is -2.19. The highest BCUT2D eigenvalue weighted by atomic mass is 19.4. The van der Waals surface area contributed by atoms with Gasteiger partial charge < -0.3 is 20.1 Å². The number of hydrogen-bond acceptors (Lipinski definition) is 5. The highest BCUT2D eigenvalue weighted by molar-refractivity contribution is 5.91. The number of amides is 2. The number of aryl methyl sites for hydroxylation is 1. The number of hydrogen-bond donors (Lipinski definition) is 2. The molecule has 1 heterocycles. The molecule has 0 radical (unpaired) electrons. The summed E-state index contributed by atoms with van der Waals surface area (Å²) in [7, 11) is 0. The van der Waals surface area contributed by atoms with Crippen LogP contribution in [0, 0.1) is 0 Å². The lowest BCUT2D eigenvalue weighted by Crippen LogP contribution is -2.32. The van der Waals surface area contributed by atoms with E-state index in [9.17, 15) is 22.8 Å². The summed E-state index contributed by atoms with van der Waals surface area (Å²) in [6.07, 6.45) is -3.18. The molecule has 2 amide bonds. The van der Waals surface area contributed by atoms with Crippen molar-refractivity contribution in [1.29, 1.82) is 0 Å². The summed E-state index contributed by atoms with van der Waals surface area (Å²) in [5.41, 5.74) is -0.343. The van der Waals surface area contributed by atoms with Gasteiger partial charge in [-0.3, -0.25) is 9.78 Å². The molecule has 196 valence electrons. The van der Waals surface area contributed by atoms with Crippen LogP contribution in [0.25, 0.3) is 0 Å². The molecule has 0 spiro atoms. The smallest absolute Gasteiger partial charge is 0.418 e. The van der Waals surface area contributed by atoms with Crippen molar-refractivity contribution in [3.8, 4) is 11.5 Å². The van der Waals surface area contributed by atoms with Crippen LogP contribution in [0.15, 0.2) is 66.9 Å². The van der Waals surface area contributed by atoms with Gasteiger partial charge in [0.15, 0.2) is 0 Å². The van der Waals surface area contributed by atoms with E-state index >= 15 is 0 Å². The first-order valence-corrected chi connectivity index (χ1v) is 11.5. The molecule has 7 nitrogen and oxygen atoms in total. The van der Waals surface area contributed by atoms with E-state index in [4.69, 9.17) is 9.47 Å². The Morgan fingerprint density at radius 3 is 2.32 bits per heavy atom. The maximum Gasteiger partial charge on any atom is 0.418 e. The molecule has 0 bridgehead atoms. The van der Waals surface area contributed by atoms with Crippen molar-refractivity contribution in [2.45, 2.75) is 51.9 Å². The largest absolute Gasteiger partial charge is 0.457 e. The first kappa shape index (κ1) is 27.5. The molecule has 0 saturated heterocycles. The van der Waals surface area contributed by atoms with Gasteiger partial charge in [-0.15, -0.1) is 0 Å². The Labute approximate surface area is 213 Å². The van der Waals surface area contributed by atoms with Gasteiger partial charge in [0.2, 0.25) is 5.91 Å². The summed E-state index contributed by atoms with van der Waals surface area (Å²) in [6, 6.07) is 15.2. The second-order valence-electron chi connectivity index (χ2n) is 9.18. The maximum atomic E-state index is 13.1. The number of aromatic nitrogens is 1. The topological polar surface area (TPSA) is 89.5 Å². The van der Waals surface area contributed by atoms with Crippen LogP contribution in [0.4, 0.5) is 23.7 Å². The molecule has 0 saturated carbocycles. The van der Waals surface area contributed by atoms with Gasteiger partial charge in [0.1, 0.15) is 17.1 Å². The quantitative estimate of drug-likeness (QED) is 0.358. The Bertz CT molecular complexity index is 1220. The fourth-order valence-corrected chi connectivity index (χ4v) is 3.26. The van der Waals surface area contributed by atoms with Crippen LogP contribution in [-0.2, 0) is 28.7 Å². The van der Waals surface area contributed by atoms with E-state index in [-0.39, 0.29) is 18.7 Å². The van der Waals surface area contributed by atoms with E-state index in [1.807, 2.05) is 0 Å². The number of rotatable bonds is 8. The number of alkyl halides is 3. The number of alkyl carbamates (subject to hydrolysis) is 1. The minimum atomic E-state index is -4.55. The average molecular weight is 516 g/mol. The van der Waals surface area contributed by atoms with Gasteiger partial charge in [0.05, 0.1) is 23.5 Å². The lowest BCUT2D eigenvalue weighted by atomic mass is 10.1. The Balaban J connectivity index is 1.51. The molecule has 0 aliphatic heterocycles. The van der Waals surface area contributed by atoms with Crippen molar-refractivity contribution in [3.05, 3.63) is 83.7 Å². The molecule has 0 unspecified atom stereocenters. The SMILES string of the molecule is CC(C)(C)OC(=O)NCc1cc(Oc2ccc(CCC(=O)Nc3ccccc3C(F)(F)F)cc2)ccn1. The number of halogens is 3. The van der Waals surface area contributed by atoms with Gasteiger partial charge in [-0.25, -0.2) is 4.79 Å². The van der Waals surface area contributed by atoms with Crippen molar-refractivity contribution in [2.24, 2.45) is 0 Å². The van der Waals surface area contributed by atoms with Crippen LogP contribution in [-0.4, -0.2) is 22.6 Å². The Hall–Kier alpha value is -4.08. The molecule has 2 N–H and O–H groups in total. The predicted molar refractivity (Wildman–Crippen MR) is 132 cm³/mol. The average Bonchev–Trinajstić information content (AvgIpc) is 2.81. The second kappa shape index (κ2) is 11.8. The van der Waals surface area contributed by atoms with Crippen molar-refractivity contribution in [1.82, 2.24) is 10.3 Å². The Morgan fingerprint density at radius 2 is 1.65 bits per heavy atom. The number of carbonyl (C=O) groups excluding carboxylic acids is 2. The highest BCUT2D eigenvalue weighted by Crippen LogP contribution is 2.34. The molecule has 0 aliphatic carbocycles. The minimum absolute atomic E-state index is 0.0186. The molecule has 10 heteroatoms. The zero-order valence-electron chi connectivity index (χ0n) is 20.7. The Morgan fingerprint density at radius 1 is 0.946 bits per heavy atom. The molecular weight excluding hydrogens is 487 g/mol. The van der Waals surface area contributed by atoms with Crippen molar-refractivity contribution >= 4 is 17.7 Å². The summed E-state index contributed by atoms with van der Waals surface area (Å²) in [4.78, 5) is 28.2. The van der Waals surface area contributed by atoms with E-state index < -0.39 is 29.3 Å². The van der Waals surface area contributed by atoms with Gasteiger partial charge in [-0.2, -0.15) is 13.2 Å². The van der Waals surface area contributed by atoms with Crippen LogP contribution in [0.2, 0.25) is 0 Å². The standard InChI is InChI=1S/C27H28F3N3O4/c1-26(2,3)37-25(35)32-17-19-16-21(14-15-31-19)36-20-11-8-18(9-12-20)10-13-24(34)33-23-7-5-4-6-22(23)27(28,29)30/h4-9,11-12,14-16H,10,13,17H2,1-3H3,(H,32,35)(H,33,34). The number of ether oxygens (including phenoxy) is 2. The van der Waals surface area contributed by atoms with E-state index in [0.29, 0.717) is 23.6 Å². The van der Waals surface area contributed by atoms with Crippen LogP contribution >= 0.6 is 0 Å². The fraction of sp³-hybridized carbons (Fsp3) is 0.296. The molecule has 0 atom stereocenters. The van der Waals surface area contributed by atoms with Crippen LogP contribution in [0.1, 0.15) is 44.0 Å². The normalized spacial score (nSPS) is 11.5. The first-order chi connectivity index (χ1) is 17.4. The molecule has 0 fully saturated rings. The monoisotopic (exact) mass is 515 g/mol. The summed E-state index contributed by atoms with van der Waals surface area (Å²) >= 11 is 0. The Kier molecular flexibility index (Phi) is 8.75. The first-order valence-electron chi connectivity index (χ1n) is 11.5. The van der Waals surface area contributed by atoms with E-state index in [0.717, 1.165) is 11.6 Å². The summed E-state index contributed by atoms with van der Waals surface area (Å²) < 4.78 is 50.3. The zero-order valence-corrected chi connectivity index (χ0v) is 20.7. The van der Waals surface area contributed by atoms with E-state index in [1.165, 1.54) is 18.2 Å². The lowest BCUT2D eigenvalue weighted by molar-refractivity contribution is -0.137. The van der Waals surface area contributed by atoms with Gasteiger partial charge in [-0.1, -0.05) is 24.3 Å². The van der Waals surface area contributed by atoms with Crippen molar-refractivity contribution in [2.75, 3.05) is 5.32 Å². The molecule has 37 heavy (non-hydrogen) atoms. The van der Waals surface area contributed by atoms with Crippen LogP contribution in [0.3, 0.4) is 0 Å². The van der Waals surface area contributed by atoms with Gasteiger partial charge in [0.25, 0.3) is 0 Å². The van der Waals surface area contributed by atoms with Crippen LogP contribution < -0.4 is 15.4 Å². The number of nitrogens with zero attached hydrogens (tertiary/aromatic N) is 1. The molecule has 2 aromatic carbocycles. The molecular formula is C27H28F3N3O4. The highest BCUT2D eigenvalue weighted by Gasteiger charge is 2.33. The van der Waals surface area contributed by atoms with Gasteiger partial charge in [-0.05, 0) is 63.1 Å². The predicted octanol–water partition coefficient (Wildman–Crippen LogP) is 6.49. The van der Waals surface area contributed by atoms with Gasteiger partial charge >= 0.3 is 12.3 Å². The molecule has 3 rings (SSSR count). The number of para-hydroxylation sites is 1. The third-order valence-corrected chi connectivity index (χ3v) is 4.91. The summed E-state index contributed by atoms with van der Waals surface area (Å²) in [5.74, 6) is 0.553. The fourth-order valence-electron chi connectivity index (χ4n) is 3.26. The van der Waals surface area contributed by atoms with E-state index in [2.05, 4.69) is 15.6 Å². The second-order valence-corrected chi connectivity index (χ2v) is 9.18. The molecule has 3 aromatic rings. The summed E-state index contributed by atoms with van der Waals surface area (Å²) in [5, 5.41) is 4.98. The zero-order chi connectivity index (χ0) is 27.1. The number of nitrogens with one attached hydrogen (secondary N) is 2. The maximum absolute atomic E-state index is 13.1. The number of pyridine rings is 1. The van der Waals surface area contributed by atoms with Crippen molar-refractivity contribution in [3.63, 3.8) is 0 Å². The summed E-state index contributed by atoms with van der Waals surface area (Å²) in [6.45, 7) is 5.49. The number of carbonyl (C=O) groups is 2. The number of benzene rings is 2. The third kappa shape index (κ3) is 9.14. The van der Waals surface area contributed by atoms with E-state index in [1.54, 1.807) is 63.4 Å². The third-order valence-electron chi connectivity index (χ3n) is 4.91. The van der Waals surface area contributed by atoms with Crippen molar-refractivity contribution < 1.29 is 32.2 Å².